The second kappa shape index (κ2) is 10.3. The number of aryl methyl sites for hydroxylation is 1. The summed E-state index contributed by atoms with van der Waals surface area (Å²) in [6, 6.07) is 15.3. The van der Waals surface area contributed by atoms with Crippen LogP contribution in [0.15, 0.2) is 70.6 Å². The average Bonchev–Trinajstić information content (AvgIpc) is 2.79. The van der Waals surface area contributed by atoms with E-state index >= 15 is 0 Å². The number of hydrogen-bond acceptors (Lipinski definition) is 3. The molecule has 0 atom stereocenters. The molecule has 3 rings (SSSR count). The highest BCUT2D eigenvalue weighted by atomic mass is 32.2. The van der Waals surface area contributed by atoms with Crippen LogP contribution in [0.3, 0.4) is 0 Å². The van der Waals surface area contributed by atoms with Crippen LogP contribution in [0.25, 0.3) is 11.1 Å². The second-order valence-corrected chi connectivity index (χ2v) is 7.94. The molecule has 0 fully saturated rings. The van der Waals surface area contributed by atoms with Gasteiger partial charge in [0.2, 0.25) is 0 Å². The van der Waals surface area contributed by atoms with Gasteiger partial charge >= 0.3 is 6.18 Å². The van der Waals surface area contributed by atoms with E-state index in [1.165, 1.54) is 36.2 Å². The second-order valence-electron chi connectivity index (χ2n) is 7.27. The Labute approximate surface area is 189 Å². The van der Waals surface area contributed by atoms with Crippen molar-refractivity contribution in [1.82, 2.24) is 0 Å². The van der Waals surface area contributed by atoms with E-state index < -0.39 is 17.6 Å². The molecule has 0 aromatic heterocycles. The number of nitrogens with two attached hydrogens (primary N) is 1. The first-order chi connectivity index (χ1) is 15.3. The molecule has 32 heavy (non-hydrogen) atoms. The molecule has 2 N–H and O–H groups in total. The fraction of sp³-hybridized carbons (Fsp3) is 0.240. The first-order valence-electron chi connectivity index (χ1n) is 10.3. The molecule has 7 heteroatoms. The van der Waals surface area contributed by atoms with E-state index in [2.05, 4.69) is 4.99 Å². The molecule has 0 unspecified atom stereocenters. The van der Waals surface area contributed by atoms with Crippen LogP contribution in [0.1, 0.15) is 42.5 Å². The summed E-state index contributed by atoms with van der Waals surface area (Å²) in [7, 11) is 0. The van der Waals surface area contributed by atoms with Gasteiger partial charge in [0.15, 0.2) is 0 Å². The Hall–Kier alpha value is -2.64. The number of halogens is 4. The van der Waals surface area contributed by atoms with E-state index in [0.717, 1.165) is 34.6 Å². The SMILES string of the molecule is CCC(=NCc1ccc(SN)c(CC)c1)c1ccc(-c2ccccc2F)c(C(F)(F)F)c1. The van der Waals surface area contributed by atoms with Gasteiger partial charge in [-0.25, -0.2) is 4.39 Å². The van der Waals surface area contributed by atoms with Crippen molar-refractivity contribution in [2.45, 2.75) is 44.3 Å². The Bertz CT molecular complexity index is 1120. The maximum absolute atomic E-state index is 14.2. The summed E-state index contributed by atoms with van der Waals surface area (Å²) in [5.74, 6) is -0.694. The van der Waals surface area contributed by atoms with E-state index in [9.17, 15) is 17.6 Å². The lowest BCUT2D eigenvalue weighted by atomic mass is 9.94. The first kappa shape index (κ1) is 24.0. The fourth-order valence-electron chi connectivity index (χ4n) is 3.59. The molecule has 0 heterocycles. The molecule has 0 radical (unpaired) electrons. The number of alkyl halides is 3. The Morgan fingerprint density at radius 2 is 1.72 bits per heavy atom. The van der Waals surface area contributed by atoms with Gasteiger partial charge in [0.25, 0.3) is 0 Å². The highest BCUT2D eigenvalue weighted by Crippen LogP contribution is 2.38. The third-order valence-electron chi connectivity index (χ3n) is 5.24. The van der Waals surface area contributed by atoms with Crippen molar-refractivity contribution >= 4 is 17.7 Å². The maximum Gasteiger partial charge on any atom is 0.417 e. The summed E-state index contributed by atoms with van der Waals surface area (Å²) >= 11 is 1.19. The molecule has 0 aliphatic rings. The summed E-state index contributed by atoms with van der Waals surface area (Å²) in [6.07, 6.45) is -3.34. The molecule has 0 aliphatic carbocycles. The summed E-state index contributed by atoms with van der Waals surface area (Å²) in [5, 5.41) is 5.68. The van der Waals surface area contributed by atoms with E-state index in [4.69, 9.17) is 5.14 Å². The molecule has 0 spiro atoms. The van der Waals surface area contributed by atoms with Gasteiger partial charge in [-0.2, -0.15) is 13.2 Å². The van der Waals surface area contributed by atoms with Crippen LogP contribution < -0.4 is 5.14 Å². The van der Waals surface area contributed by atoms with Crippen LogP contribution in [0, 0.1) is 5.82 Å². The van der Waals surface area contributed by atoms with E-state index in [-0.39, 0.29) is 11.1 Å². The smallest absolute Gasteiger partial charge is 0.284 e. The molecule has 2 nitrogen and oxygen atoms in total. The first-order valence-corrected chi connectivity index (χ1v) is 11.1. The van der Waals surface area contributed by atoms with Gasteiger partial charge in [-0.1, -0.05) is 56.3 Å². The number of benzene rings is 3. The van der Waals surface area contributed by atoms with Crippen LogP contribution in [-0.4, -0.2) is 5.71 Å². The lowest BCUT2D eigenvalue weighted by Crippen LogP contribution is -2.10. The van der Waals surface area contributed by atoms with Gasteiger partial charge in [-0.05, 0) is 65.2 Å². The summed E-state index contributed by atoms with van der Waals surface area (Å²) in [4.78, 5) is 5.59. The van der Waals surface area contributed by atoms with Gasteiger partial charge in [-0.15, -0.1) is 0 Å². The van der Waals surface area contributed by atoms with Crippen molar-refractivity contribution in [3.63, 3.8) is 0 Å². The van der Waals surface area contributed by atoms with E-state index in [1.54, 1.807) is 6.07 Å². The van der Waals surface area contributed by atoms with Crippen LogP contribution in [-0.2, 0) is 19.1 Å². The van der Waals surface area contributed by atoms with E-state index in [1.807, 2.05) is 32.0 Å². The molecule has 3 aromatic carbocycles. The van der Waals surface area contributed by atoms with Crippen molar-refractivity contribution in [3.8, 4) is 11.1 Å². The molecule has 0 amide bonds. The minimum Gasteiger partial charge on any atom is -0.284 e. The number of hydrogen-bond donors (Lipinski definition) is 1. The Morgan fingerprint density at radius 1 is 0.969 bits per heavy atom. The number of rotatable bonds is 7. The lowest BCUT2D eigenvalue weighted by Gasteiger charge is -2.16. The van der Waals surface area contributed by atoms with Crippen molar-refractivity contribution in [2.24, 2.45) is 10.1 Å². The van der Waals surface area contributed by atoms with Gasteiger partial charge in [0.05, 0.1) is 12.1 Å². The quantitative estimate of drug-likeness (QED) is 0.226. The third kappa shape index (κ3) is 5.40. The zero-order chi connectivity index (χ0) is 23.3. The summed E-state index contributed by atoms with van der Waals surface area (Å²) in [6.45, 7) is 4.24. The zero-order valence-electron chi connectivity index (χ0n) is 17.8. The minimum absolute atomic E-state index is 0.0775. The Balaban J connectivity index is 1.99. The molecule has 3 aromatic rings. The summed E-state index contributed by atoms with van der Waals surface area (Å²) in [5.41, 5.74) is 1.87. The predicted molar refractivity (Wildman–Crippen MR) is 123 cm³/mol. The van der Waals surface area contributed by atoms with Gasteiger partial charge in [-0.3, -0.25) is 10.1 Å². The monoisotopic (exact) mass is 460 g/mol. The third-order valence-corrected chi connectivity index (χ3v) is 5.89. The van der Waals surface area contributed by atoms with Crippen molar-refractivity contribution in [3.05, 3.63) is 88.7 Å². The molecule has 0 aliphatic heterocycles. The molecule has 0 saturated heterocycles. The predicted octanol–water partition coefficient (Wildman–Crippen LogP) is 7.44. The van der Waals surface area contributed by atoms with Gasteiger partial charge in [0, 0.05) is 16.2 Å². The van der Waals surface area contributed by atoms with Crippen molar-refractivity contribution in [2.75, 3.05) is 0 Å². The van der Waals surface area contributed by atoms with Crippen LogP contribution >= 0.6 is 11.9 Å². The molecule has 168 valence electrons. The average molecular weight is 461 g/mol. The topological polar surface area (TPSA) is 38.4 Å². The van der Waals surface area contributed by atoms with Crippen molar-refractivity contribution in [1.29, 1.82) is 0 Å². The number of aliphatic imine (C=N–C) groups is 1. The van der Waals surface area contributed by atoms with Gasteiger partial charge < -0.3 is 0 Å². The Morgan fingerprint density at radius 3 is 2.34 bits per heavy atom. The summed E-state index contributed by atoms with van der Waals surface area (Å²) < 4.78 is 55.7. The number of nitrogens with zero attached hydrogens (tertiary/aromatic N) is 1. The fourth-order valence-corrected chi connectivity index (χ4v) is 4.09. The zero-order valence-corrected chi connectivity index (χ0v) is 18.7. The molecule has 0 saturated carbocycles. The van der Waals surface area contributed by atoms with Gasteiger partial charge in [0.1, 0.15) is 5.82 Å². The van der Waals surface area contributed by atoms with Crippen molar-refractivity contribution < 1.29 is 17.6 Å². The molecule has 0 bridgehead atoms. The molecular formula is C25H24F4N2S. The maximum atomic E-state index is 14.2. The lowest BCUT2D eigenvalue weighted by molar-refractivity contribution is -0.137. The van der Waals surface area contributed by atoms with Crippen LogP contribution in [0.2, 0.25) is 0 Å². The standard InChI is InChI=1S/C25H24F4N2S/c1-3-17-13-16(9-12-24(17)32-30)15-31-23(4-2)18-10-11-19(21(14-18)25(27,28)29)20-7-5-6-8-22(20)26/h5-14H,3-4,15,30H2,1-2H3. The highest BCUT2D eigenvalue weighted by Gasteiger charge is 2.34. The highest BCUT2D eigenvalue weighted by molar-refractivity contribution is 7.97. The Kier molecular flexibility index (Phi) is 7.74. The van der Waals surface area contributed by atoms with E-state index in [0.29, 0.717) is 24.2 Å². The van der Waals surface area contributed by atoms with Crippen LogP contribution in [0.4, 0.5) is 17.6 Å². The minimum atomic E-state index is -4.63. The largest absolute Gasteiger partial charge is 0.417 e. The molecular weight excluding hydrogens is 436 g/mol. The van der Waals surface area contributed by atoms with Crippen LogP contribution in [0.5, 0.6) is 0 Å². The normalized spacial score (nSPS) is 12.3.